The number of nitrogens with zero attached hydrogens (tertiary/aromatic N) is 1. The van der Waals surface area contributed by atoms with Gasteiger partial charge in [0.15, 0.2) is 0 Å². The third kappa shape index (κ3) is 4.06. The number of thioether (sulfide) groups is 1. The molecule has 0 aromatic heterocycles. The van der Waals surface area contributed by atoms with Crippen molar-refractivity contribution in [2.75, 3.05) is 16.0 Å². The molecule has 30 heavy (non-hydrogen) atoms. The SMILES string of the molecule is Cc1ccccc1N1C(=O)CS[C@H]1c1ccccc1NC(=O)c1ccc(Cl)cc1Cl. The molecule has 2 amide bonds. The second kappa shape index (κ2) is 8.72. The Hall–Kier alpha value is -2.47. The number of benzene rings is 3. The zero-order valence-electron chi connectivity index (χ0n) is 16.1. The summed E-state index contributed by atoms with van der Waals surface area (Å²) in [6.45, 7) is 1.98. The first-order valence-corrected chi connectivity index (χ1v) is 11.1. The molecule has 0 saturated carbocycles. The van der Waals surface area contributed by atoms with Gasteiger partial charge < -0.3 is 5.32 Å². The molecule has 0 aliphatic carbocycles. The van der Waals surface area contributed by atoms with Crippen molar-refractivity contribution in [3.05, 3.63) is 93.5 Å². The lowest BCUT2D eigenvalue weighted by Crippen LogP contribution is -2.29. The second-order valence-corrected chi connectivity index (χ2v) is 8.79. The van der Waals surface area contributed by atoms with Gasteiger partial charge in [-0.2, -0.15) is 0 Å². The number of para-hydroxylation sites is 2. The Morgan fingerprint density at radius 3 is 2.57 bits per heavy atom. The molecule has 1 aliphatic rings. The maximum Gasteiger partial charge on any atom is 0.257 e. The Balaban J connectivity index is 1.68. The Kier molecular flexibility index (Phi) is 6.04. The van der Waals surface area contributed by atoms with Crippen LogP contribution in [0.3, 0.4) is 0 Å². The van der Waals surface area contributed by atoms with Crippen LogP contribution in [0, 0.1) is 6.92 Å². The van der Waals surface area contributed by atoms with Crippen molar-refractivity contribution in [3.8, 4) is 0 Å². The smallest absolute Gasteiger partial charge is 0.257 e. The van der Waals surface area contributed by atoms with Gasteiger partial charge in [0, 0.05) is 22.0 Å². The van der Waals surface area contributed by atoms with Crippen molar-refractivity contribution < 1.29 is 9.59 Å². The number of aryl methyl sites for hydroxylation is 1. The van der Waals surface area contributed by atoms with Crippen LogP contribution in [0.4, 0.5) is 11.4 Å². The summed E-state index contributed by atoms with van der Waals surface area (Å²) in [5.74, 6) is 0.0895. The van der Waals surface area contributed by atoms with E-state index in [1.807, 2.05) is 55.5 Å². The Morgan fingerprint density at radius 2 is 1.80 bits per heavy atom. The van der Waals surface area contributed by atoms with Gasteiger partial charge in [-0.05, 0) is 42.8 Å². The van der Waals surface area contributed by atoms with E-state index in [0.717, 1.165) is 16.8 Å². The van der Waals surface area contributed by atoms with Crippen LogP contribution in [0.1, 0.15) is 26.9 Å². The highest BCUT2D eigenvalue weighted by molar-refractivity contribution is 8.00. The van der Waals surface area contributed by atoms with E-state index in [1.54, 1.807) is 17.0 Å². The normalized spacial score (nSPS) is 16.0. The van der Waals surface area contributed by atoms with Crippen molar-refractivity contribution in [1.29, 1.82) is 0 Å². The fraction of sp³-hybridized carbons (Fsp3) is 0.130. The van der Waals surface area contributed by atoms with Gasteiger partial charge >= 0.3 is 0 Å². The first kappa shape index (κ1) is 20.8. The first-order chi connectivity index (χ1) is 14.5. The van der Waals surface area contributed by atoms with Crippen LogP contribution in [0.25, 0.3) is 0 Å². The fourth-order valence-corrected chi connectivity index (χ4v) is 5.14. The lowest BCUT2D eigenvalue weighted by atomic mass is 10.1. The lowest BCUT2D eigenvalue weighted by Gasteiger charge is -2.27. The van der Waals surface area contributed by atoms with Crippen LogP contribution in [-0.4, -0.2) is 17.6 Å². The summed E-state index contributed by atoms with van der Waals surface area (Å²) < 4.78 is 0. The maximum absolute atomic E-state index is 12.9. The van der Waals surface area contributed by atoms with Gasteiger partial charge in [0.05, 0.1) is 16.3 Å². The zero-order valence-corrected chi connectivity index (χ0v) is 18.4. The van der Waals surface area contributed by atoms with Crippen LogP contribution in [0.15, 0.2) is 66.7 Å². The molecular formula is C23H18Cl2N2O2S. The molecule has 0 radical (unpaired) electrons. The third-order valence-electron chi connectivity index (χ3n) is 4.89. The molecule has 1 aliphatic heterocycles. The maximum atomic E-state index is 12.9. The van der Waals surface area contributed by atoms with E-state index in [1.165, 1.54) is 17.8 Å². The van der Waals surface area contributed by atoms with Gasteiger partial charge in [-0.3, -0.25) is 14.5 Å². The summed E-state index contributed by atoms with van der Waals surface area (Å²) in [7, 11) is 0. The van der Waals surface area contributed by atoms with Crippen LogP contribution in [-0.2, 0) is 4.79 Å². The standard InChI is InChI=1S/C23H18Cl2N2O2S/c1-14-6-2-5-9-20(14)27-21(28)13-30-23(27)17-7-3-4-8-19(17)26-22(29)16-11-10-15(24)12-18(16)25/h2-12,23H,13H2,1H3,(H,26,29)/t23-/m0/s1. The van der Waals surface area contributed by atoms with Gasteiger partial charge in [-0.15, -0.1) is 11.8 Å². The molecule has 152 valence electrons. The fourth-order valence-electron chi connectivity index (χ4n) is 3.44. The summed E-state index contributed by atoms with van der Waals surface area (Å²) in [6, 6.07) is 20.1. The molecule has 3 aromatic rings. The number of amides is 2. The molecule has 1 saturated heterocycles. The Labute approximate surface area is 189 Å². The van der Waals surface area contributed by atoms with E-state index in [2.05, 4.69) is 5.32 Å². The average molecular weight is 457 g/mol. The van der Waals surface area contributed by atoms with Crippen LogP contribution < -0.4 is 10.2 Å². The topological polar surface area (TPSA) is 49.4 Å². The molecule has 3 aromatic carbocycles. The molecule has 0 bridgehead atoms. The summed E-state index contributed by atoms with van der Waals surface area (Å²) in [6.07, 6.45) is 0. The molecule has 4 nitrogen and oxygen atoms in total. The molecule has 1 atom stereocenters. The largest absolute Gasteiger partial charge is 0.322 e. The van der Waals surface area contributed by atoms with E-state index in [9.17, 15) is 9.59 Å². The molecular weight excluding hydrogens is 439 g/mol. The molecule has 1 fully saturated rings. The van der Waals surface area contributed by atoms with E-state index < -0.39 is 0 Å². The Morgan fingerprint density at radius 1 is 1.07 bits per heavy atom. The number of hydrogen-bond donors (Lipinski definition) is 1. The molecule has 0 spiro atoms. The van der Waals surface area contributed by atoms with Crippen LogP contribution in [0.5, 0.6) is 0 Å². The lowest BCUT2D eigenvalue weighted by molar-refractivity contribution is -0.115. The monoisotopic (exact) mass is 456 g/mol. The number of nitrogens with one attached hydrogen (secondary N) is 1. The summed E-state index contributed by atoms with van der Waals surface area (Å²) in [4.78, 5) is 27.4. The molecule has 0 unspecified atom stereocenters. The van der Waals surface area contributed by atoms with E-state index in [0.29, 0.717) is 22.0 Å². The minimum atomic E-state index is -0.333. The van der Waals surface area contributed by atoms with Crippen molar-refractivity contribution in [3.63, 3.8) is 0 Å². The number of carbonyl (C=O) groups excluding carboxylic acids is 2. The molecule has 1 N–H and O–H groups in total. The van der Waals surface area contributed by atoms with Crippen molar-refractivity contribution in [2.45, 2.75) is 12.3 Å². The van der Waals surface area contributed by atoms with Gasteiger partial charge in [0.1, 0.15) is 5.37 Å². The molecule has 1 heterocycles. The summed E-state index contributed by atoms with van der Waals surface area (Å²) in [5, 5.41) is 3.45. The van der Waals surface area contributed by atoms with E-state index >= 15 is 0 Å². The quantitative estimate of drug-likeness (QED) is 0.498. The van der Waals surface area contributed by atoms with Gasteiger partial charge in [0.2, 0.25) is 5.91 Å². The average Bonchev–Trinajstić information content (AvgIpc) is 3.09. The highest BCUT2D eigenvalue weighted by atomic mass is 35.5. The highest BCUT2D eigenvalue weighted by Crippen LogP contribution is 2.45. The van der Waals surface area contributed by atoms with Crippen molar-refractivity contribution in [1.82, 2.24) is 0 Å². The zero-order chi connectivity index (χ0) is 21.3. The van der Waals surface area contributed by atoms with Gasteiger partial charge in [-0.25, -0.2) is 0 Å². The van der Waals surface area contributed by atoms with Crippen LogP contribution >= 0.6 is 35.0 Å². The summed E-state index contributed by atoms with van der Waals surface area (Å²) in [5.41, 5.74) is 3.73. The second-order valence-electron chi connectivity index (χ2n) is 6.88. The predicted molar refractivity (Wildman–Crippen MR) is 125 cm³/mol. The van der Waals surface area contributed by atoms with Crippen molar-refractivity contribution in [2.24, 2.45) is 0 Å². The number of carbonyl (C=O) groups is 2. The number of anilines is 2. The first-order valence-electron chi connectivity index (χ1n) is 9.30. The van der Waals surface area contributed by atoms with E-state index in [-0.39, 0.29) is 22.2 Å². The minimum absolute atomic E-state index is 0.0428. The van der Waals surface area contributed by atoms with E-state index in [4.69, 9.17) is 23.2 Å². The van der Waals surface area contributed by atoms with Crippen molar-refractivity contribution >= 4 is 58.2 Å². The predicted octanol–water partition coefficient (Wildman–Crippen LogP) is 6.33. The molecule has 7 heteroatoms. The summed E-state index contributed by atoms with van der Waals surface area (Å²) >= 11 is 13.7. The van der Waals surface area contributed by atoms with Crippen LogP contribution in [0.2, 0.25) is 10.0 Å². The number of halogens is 2. The number of hydrogen-bond acceptors (Lipinski definition) is 3. The molecule has 4 rings (SSSR count). The third-order valence-corrected chi connectivity index (χ3v) is 6.64. The van der Waals surface area contributed by atoms with Gasteiger partial charge in [0.25, 0.3) is 5.91 Å². The highest BCUT2D eigenvalue weighted by Gasteiger charge is 2.36. The number of rotatable bonds is 4. The van der Waals surface area contributed by atoms with Gasteiger partial charge in [-0.1, -0.05) is 59.6 Å². The Bertz CT molecular complexity index is 1140. The minimum Gasteiger partial charge on any atom is -0.322 e.